The average Bonchev–Trinajstić information content (AvgIpc) is 2.50. The third kappa shape index (κ3) is 3.55. The van der Waals surface area contributed by atoms with E-state index in [2.05, 4.69) is 15.3 Å². The Morgan fingerprint density at radius 2 is 1.67 bits per heavy atom. The third-order valence-electron chi connectivity index (χ3n) is 3.94. The molecule has 0 amide bonds. The molecule has 2 aromatic heterocycles. The van der Waals surface area contributed by atoms with Crippen molar-refractivity contribution in [2.24, 2.45) is 5.73 Å². The van der Waals surface area contributed by atoms with E-state index in [-0.39, 0.29) is 0 Å². The molecule has 0 aliphatic heterocycles. The highest BCUT2D eigenvalue weighted by Gasteiger charge is 2.18. The number of hydrogen-bond acceptors (Lipinski definition) is 4. The van der Waals surface area contributed by atoms with Crippen LogP contribution in [0.3, 0.4) is 0 Å². The fourth-order valence-corrected chi connectivity index (χ4v) is 2.74. The fourth-order valence-electron chi connectivity index (χ4n) is 2.74. The van der Waals surface area contributed by atoms with Gasteiger partial charge >= 0.3 is 0 Å². The van der Waals surface area contributed by atoms with E-state index in [1.54, 1.807) is 12.3 Å². The summed E-state index contributed by atoms with van der Waals surface area (Å²) in [6.07, 6.45) is 7.44. The lowest BCUT2D eigenvalue weighted by Gasteiger charge is -2.27. The number of nitrogens with two attached hydrogens (primary N) is 1. The van der Waals surface area contributed by atoms with E-state index in [4.69, 9.17) is 5.73 Å². The second kappa shape index (κ2) is 6.18. The van der Waals surface area contributed by atoms with E-state index in [1.165, 1.54) is 12.3 Å². The van der Waals surface area contributed by atoms with Crippen molar-refractivity contribution in [3.63, 3.8) is 0 Å². The van der Waals surface area contributed by atoms with Gasteiger partial charge in [-0.1, -0.05) is 0 Å². The predicted octanol–water partition coefficient (Wildman–Crippen LogP) is 2.96. The molecule has 0 aromatic carbocycles. The number of anilines is 1. The zero-order valence-electron chi connectivity index (χ0n) is 11.8. The number of hydrogen-bond donors (Lipinski definition) is 2. The van der Waals surface area contributed by atoms with Crippen molar-refractivity contribution in [1.82, 2.24) is 9.97 Å². The van der Waals surface area contributed by atoms with E-state index < -0.39 is 5.95 Å². The molecule has 3 N–H and O–H groups in total. The first-order valence-corrected chi connectivity index (χ1v) is 7.31. The normalized spacial score (nSPS) is 22.0. The van der Waals surface area contributed by atoms with E-state index in [0.29, 0.717) is 12.1 Å². The number of halogens is 1. The maximum Gasteiger partial charge on any atom is 0.213 e. The van der Waals surface area contributed by atoms with Crippen LogP contribution in [0.1, 0.15) is 25.7 Å². The predicted molar refractivity (Wildman–Crippen MR) is 81.3 cm³/mol. The summed E-state index contributed by atoms with van der Waals surface area (Å²) in [5.74, 6) is 0.352. The quantitative estimate of drug-likeness (QED) is 0.851. The first-order chi connectivity index (χ1) is 10.2. The van der Waals surface area contributed by atoms with Gasteiger partial charge in [0, 0.05) is 30.5 Å². The van der Waals surface area contributed by atoms with E-state index in [0.717, 1.165) is 42.6 Å². The summed E-state index contributed by atoms with van der Waals surface area (Å²) in [5.41, 5.74) is 7.66. The molecular formula is C16H19FN4. The summed E-state index contributed by atoms with van der Waals surface area (Å²) >= 11 is 0. The lowest BCUT2D eigenvalue weighted by molar-refractivity contribution is 0.410. The Morgan fingerprint density at radius 1 is 1.00 bits per heavy atom. The Balaban J connectivity index is 1.74. The van der Waals surface area contributed by atoms with Gasteiger partial charge in [-0.25, -0.2) is 9.97 Å². The first-order valence-electron chi connectivity index (χ1n) is 7.31. The number of nitrogens with zero attached hydrogens (tertiary/aromatic N) is 2. The largest absolute Gasteiger partial charge is 0.367 e. The minimum absolute atomic E-state index is 0.335. The number of rotatable bonds is 3. The Morgan fingerprint density at radius 3 is 2.38 bits per heavy atom. The van der Waals surface area contributed by atoms with Crippen molar-refractivity contribution in [2.75, 3.05) is 5.32 Å². The average molecular weight is 286 g/mol. The summed E-state index contributed by atoms with van der Waals surface area (Å²) in [5, 5.41) is 3.45. The highest BCUT2D eigenvalue weighted by atomic mass is 19.1. The highest BCUT2D eigenvalue weighted by Crippen LogP contribution is 2.24. The molecule has 0 bridgehead atoms. The van der Waals surface area contributed by atoms with Crippen LogP contribution in [0.4, 0.5) is 10.2 Å². The zero-order valence-corrected chi connectivity index (χ0v) is 11.8. The second-order valence-electron chi connectivity index (χ2n) is 5.55. The molecule has 21 heavy (non-hydrogen) atoms. The number of aromatic nitrogens is 2. The van der Waals surface area contributed by atoms with E-state index >= 15 is 0 Å². The lowest BCUT2D eigenvalue weighted by Crippen LogP contribution is -2.32. The van der Waals surface area contributed by atoms with Crippen molar-refractivity contribution in [3.8, 4) is 11.1 Å². The highest BCUT2D eigenvalue weighted by molar-refractivity contribution is 5.65. The molecule has 5 heteroatoms. The summed E-state index contributed by atoms with van der Waals surface area (Å²) in [4.78, 5) is 7.93. The molecule has 2 aromatic rings. The van der Waals surface area contributed by atoms with Gasteiger partial charge in [-0.05, 0) is 55.0 Å². The Bertz CT molecular complexity index is 609. The minimum atomic E-state index is -0.472. The molecule has 4 nitrogen and oxygen atoms in total. The summed E-state index contributed by atoms with van der Waals surface area (Å²) in [6.45, 7) is 0. The SMILES string of the molecule is N[C@H]1CC[C@H](Nc2cc(-c3ccnc(F)c3)ccn2)CC1. The van der Waals surface area contributed by atoms with Gasteiger partial charge in [0.1, 0.15) is 5.82 Å². The van der Waals surface area contributed by atoms with Gasteiger partial charge in [-0.3, -0.25) is 0 Å². The van der Waals surface area contributed by atoms with Crippen LogP contribution < -0.4 is 11.1 Å². The zero-order chi connectivity index (χ0) is 14.7. The van der Waals surface area contributed by atoms with E-state index in [1.807, 2.05) is 12.1 Å². The molecule has 0 unspecified atom stereocenters. The molecule has 0 atom stereocenters. The minimum Gasteiger partial charge on any atom is -0.367 e. The van der Waals surface area contributed by atoms with Crippen molar-refractivity contribution in [3.05, 3.63) is 42.6 Å². The second-order valence-corrected chi connectivity index (χ2v) is 5.55. The first kappa shape index (κ1) is 13.9. The van der Waals surface area contributed by atoms with Gasteiger partial charge in [0.15, 0.2) is 0 Å². The van der Waals surface area contributed by atoms with Gasteiger partial charge in [-0.2, -0.15) is 4.39 Å². The van der Waals surface area contributed by atoms with Crippen molar-refractivity contribution < 1.29 is 4.39 Å². The summed E-state index contributed by atoms with van der Waals surface area (Å²) in [7, 11) is 0. The van der Waals surface area contributed by atoms with Gasteiger partial charge in [0.2, 0.25) is 5.95 Å². The molecule has 3 rings (SSSR count). The van der Waals surface area contributed by atoms with Gasteiger partial charge < -0.3 is 11.1 Å². The van der Waals surface area contributed by atoms with Crippen LogP contribution in [0.2, 0.25) is 0 Å². The van der Waals surface area contributed by atoms with Crippen LogP contribution in [-0.4, -0.2) is 22.1 Å². The molecular weight excluding hydrogens is 267 g/mol. The molecule has 0 saturated heterocycles. The Labute approximate surface area is 123 Å². The molecule has 1 aliphatic carbocycles. The van der Waals surface area contributed by atoms with Gasteiger partial charge in [0.05, 0.1) is 0 Å². The molecule has 0 spiro atoms. The van der Waals surface area contributed by atoms with Crippen LogP contribution in [-0.2, 0) is 0 Å². The Kier molecular flexibility index (Phi) is 4.10. The van der Waals surface area contributed by atoms with Crippen LogP contribution in [0, 0.1) is 5.95 Å². The summed E-state index contributed by atoms with van der Waals surface area (Å²) < 4.78 is 13.2. The standard InChI is InChI=1S/C16H19FN4/c17-15-9-11(5-7-19-15)12-6-8-20-16(10-12)21-14-3-1-13(18)2-4-14/h5-10,13-14H,1-4,18H2,(H,20,21)/t13-,14-. The monoisotopic (exact) mass is 286 g/mol. The molecule has 1 saturated carbocycles. The van der Waals surface area contributed by atoms with Gasteiger partial charge in [0.25, 0.3) is 0 Å². The van der Waals surface area contributed by atoms with Crippen LogP contribution in [0.5, 0.6) is 0 Å². The molecule has 2 heterocycles. The maximum atomic E-state index is 13.2. The van der Waals surface area contributed by atoms with Crippen LogP contribution in [0.25, 0.3) is 11.1 Å². The lowest BCUT2D eigenvalue weighted by atomic mass is 9.92. The van der Waals surface area contributed by atoms with Crippen LogP contribution in [0.15, 0.2) is 36.7 Å². The van der Waals surface area contributed by atoms with Crippen molar-refractivity contribution in [1.29, 1.82) is 0 Å². The number of pyridine rings is 2. The Hall–Kier alpha value is -2.01. The smallest absolute Gasteiger partial charge is 0.213 e. The molecule has 1 fully saturated rings. The fraction of sp³-hybridized carbons (Fsp3) is 0.375. The molecule has 1 aliphatic rings. The molecule has 110 valence electrons. The van der Waals surface area contributed by atoms with Crippen molar-refractivity contribution in [2.45, 2.75) is 37.8 Å². The van der Waals surface area contributed by atoms with E-state index in [9.17, 15) is 4.39 Å². The van der Waals surface area contributed by atoms with Crippen molar-refractivity contribution >= 4 is 5.82 Å². The summed E-state index contributed by atoms with van der Waals surface area (Å²) in [6, 6.07) is 7.80. The molecule has 0 radical (unpaired) electrons. The van der Waals surface area contributed by atoms with Crippen LogP contribution >= 0.6 is 0 Å². The third-order valence-corrected chi connectivity index (χ3v) is 3.94. The number of nitrogens with one attached hydrogen (secondary N) is 1. The maximum absolute atomic E-state index is 13.2. The van der Waals surface area contributed by atoms with Gasteiger partial charge in [-0.15, -0.1) is 0 Å². The topological polar surface area (TPSA) is 63.8 Å².